The van der Waals surface area contributed by atoms with Crippen molar-refractivity contribution in [3.63, 3.8) is 0 Å². The van der Waals surface area contributed by atoms with Crippen LogP contribution < -0.4 is 11.1 Å². The Balaban J connectivity index is 2.20. The predicted molar refractivity (Wildman–Crippen MR) is 53.2 cm³/mol. The van der Waals surface area contributed by atoms with E-state index in [4.69, 9.17) is 5.73 Å². The van der Waals surface area contributed by atoms with Crippen LogP contribution >= 0.6 is 0 Å². The summed E-state index contributed by atoms with van der Waals surface area (Å²) < 4.78 is 0. The second-order valence-electron chi connectivity index (χ2n) is 3.59. The Kier molecular flexibility index (Phi) is 1.96. The molecule has 0 radical (unpaired) electrons. The van der Waals surface area contributed by atoms with Gasteiger partial charge in [-0.25, -0.2) is 0 Å². The number of nitrogens with zero attached hydrogens (tertiary/aromatic N) is 1. The van der Waals surface area contributed by atoms with Crippen LogP contribution in [0.2, 0.25) is 0 Å². The van der Waals surface area contributed by atoms with E-state index in [1.165, 1.54) is 12.8 Å². The molecule has 3 N–H and O–H groups in total. The van der Waals surface area contributed by atoms with Crippen molar-refractivity contribution >= 4 is 5.69 Å². The average Bonchev–Trinajstić information content (AvgIpc) is 2.87. The summed E-state index contributed by atoms with van der Waals surface area (Å²) in [6.07, 6.45) is 4.11. The van der Waals surface area contributed by atoms with Gasteiger partial charge in [0.1, 0.15) is 0 Å². The first kappa shape index (κ1) is 8.51. The highest BCUT2D eigenvalue weighted by atomic mass is 15.0. The average molecular weight is 177 g/mol. The van der Waals surface area contributed by atoms with Crippen LogP contribution in [0.15, 0.2) is 18.3 Å². The zero-order valence-corrected chi connectivity index (χ0v) is 7.88. The minimum Gasteiger partial charge on any atom is -0.397 e. The van der Waals surface area contributed by atoms with Gasteiger partial charge in [-0.05, 0) is 31.5 Å². The van der Waals surface area contributed by atoms with Gasteiger partial charge in [-0.15, -0.1) is 0 Å². The molecule has 0 aliphatic heterocycles. The van der Waals surface area contributed by atoms with Crippen LogP contribution in [0.1, 0.15) is 25.5 Å². The topological polar surface area (TPSA) is 50.9 Å². The number of rotatable bonds is 3. The summed E-state index contributed by atoms with van der Waals surface area (Å²) in [5.41, 5.74) is 7.61. The molecule has 13 heavy (non-hydrogen) atoms. The van der Waals surface area contributed by atoms with Gasteiger partial charge >= 0.3 is 0 Å². The van der Waals surface area contributed by atoms with Crippen LogP contribution in [0.25, 0.3) is 0 Å². The number of nitrogen functional groups attached to an aromatic ring is 1. The molecule has 1 aliphatic carbocycles. The molecule has 1 fully saturated rings. The molecular weight excluding hydrogens is 162 g/mol. The lowest BCUT2D eigenvalue weighted by molar-refractivity contribution is 0.525. The molecule has 0 saturated heterocycles. The first-order chi connectivity index (χ1) is 6.27. The third-order valence-electron chi connectivity index (χ3n) is 2.54. The molecule has 3 heteroatoms. The summed E-state index contributed by atoms with van der Waals surface area (Å²) in [5, 5.41) is 3.47. The molecule has 2 rings (SSSR count). The van der Waals surface area contributed by atoms with Crippen molar-refractivity contribution in [3.05, 3.63) is 24.0 Å². The molecule has 0 atom stereocenters. The third-order valence-corrected chi connectivity index (χ3v) is 2.54. The summed E-state index contributed by atoms with van der Waals surface area (Å²) in [4.78, 5) is 4.34. The Hall–Kier alpha value is -1.09. The van der Waals surface area contributed by atoms with Crippen LogP contribution in [0.4, 0.5) is 5.69 Å². The lowest BCUT2D eigenvalue weighted by Crippen LogP contribution is -2.29. The molecule has 0 unspecified atom stereocenters. The van der Waals surface area contributed by atoms with Gasteiger partial charge in [0.25, 0.3) is 0 Å². The van der Waals surface area contributed by atoms with Gasteiger partial charge in [0, 0.05) is 0 Å². The summed E-state index contributed by atoms with van der Waals surface area (Å²) >= 11 is 0. The zero-order chi connectivity index (χ0) is 9.31. The van der Waals surface area contributed by atoms with Gasteiger partial charge in [-0.2, -0.15) is 0 Å². The zero-order valence-electron chi connectivity index (χ0n) is 7.88. The van der Waals surface area contributed by atoms with Crippen LogP contribution in [-0.4, -0.2) is 11.5 Å². The molecule has 0 aromatic carbocycles. The summed E-state index contributed by atoms with van der Waals surface area (Å²) in [6.45, 7) is 3.11. The highest BCUT2D eigenvalue weighted by Gasteiger charge is 2.44. The van der Waals surface area contributed by atoms with E-state index in [9.17, 15) is 0 Å². The fraction of sp³-hybridized carbons (Fsp3) is 0.500. The molecule has 1 heterocycles. The Morgan fingerprint density at radius 3 is 2.77 bits per heavy atom. The van der Waals surface area contributed by atoms with Crippen LogP contribution in [0.3, 0.4) is 0 Å². The van der Waals surface area contributed by atoms with Crippen molar-refractivity contribution in [1.82, 2.24) is 10.3 Å². The van der Waals surface area contributed by atoms with Gasteiger partial charge in [0.2, 0.25) is 0 Å². The number of pyridine rings is 1. The molecule has 0 amide bonds. The second kappa shape index (κ2) is 3.00. The quantitative estimate of drug-likeness (QED) is 0.731. The monoisotopic (exact) mass is 177 g/mol. The normalized spacial score (nSPS) is 18.5. The fourth-order valence-corrected chi connectivity index (χ4v) is 1.68. The van der Waals surface area contributed by atoms with Crippen molar-refractivity contribution in [2.24, 2.45) is 0 Å². The SMILES string of the molecule is CCNC1(c2ccc(N)cn2)CC1. The van der Waals surface area contributed by atoms with Crippen molar-refractivity contribution in [1.29, 1.82) is 0 Å². The van der Waals surface area contributed by atoms with E-state index in [2.05, 4.69) is 17.2 Å². The third kappa shape index (κ3) is 1.52. The van der Waals surface area contributed by atoms with Gasteiger partial charge in [-0.1, -0.05) is 6.92 Å². The van der Waals surface area contributed by atoms with E-state index in [1.54, 1.807) is 6.20 Å². The van der Waals surface area contributed by atoms with Crippen molar-refractivity contribution in [2.45, 2.75) is 25.3 Å². The Morgan fingerprint density at radius 1 is 1.54 bits per heavy atom. The molecule has 3 nitrogen and oxygen atoms in total. The smallest absolute Gasteiger partial charge is 0.0610 e. The van der Waals surface area contributed by atoms with Crippen LogP contribution in [0.5, 0.6) is 0 Å². The van der Waals surface area contributed by atoms with Crippen LogP contribution in [0, 0.1) is 0 Å². The summed E-state index contributed by atoms with van der Waals surface area (Å²) in [6, 6.07) is 3.94. The number of anilines is 1. The maximum atomic E-state index is 5.58. The molecule has 1 aromatic heterocycles. The van der Waals surface area contributed by atoms with Gasteiger partial charge in [0.05, 0.1) is 23.1 Å². The van der Waals surface area contributed by atoms with E-state index in [-0.39, 0.29) is 5.54 Å². The lowest BCUT2D eigenvalue weighted by Gasteiger charge is -2.15. The largest absolute Gasteiger partial charge is 0.397 e. The first-order valence-electron chi connectivity index (χ1n) is 4.74. The van der Waals surface area contributed by atoms with E-state index >= 15 is 0 Å². The van der Waals surface area contributed by atoms with Crippen molar-refractivity contribution < 1.29 is 0 Å². The first-order valence-corrected chi connectivity index (χ1v) is 4.74. The van der Waals surface area contributed by atoms with Gasteiger partial charge in [0.15, 0.2) is 0 Å². The number of nitrogens with two attached hydrogens (primary N) is 1. The minimum absolute atomic E-state index is 0.169. The molecule has 1 aliphatic rings. The second-order valence-corrected chi connectivity index (χ2v) is 3.59. The fourth-order valence-electron chi connectivity index (χ4n) is 1.68. The summed E-state index contributed by atoms with van der Waals surface area (Å²) in [7, 11) is 0. The maximum absolute atomic E-state index is 5.58. The van der Waals surface area contributed by atoms with Gasteiger partial charge < -0.3 is 11.1 Å². The lowest BCUT2D eigenvalue weighted by atomic mass is 10.1. The van der Waals surface area contributed by atoms with E-state index in [0.29, 0.717) is 0 Å². The highest BCUT2D eigenvalue weighted by Crippen LogP contribution is 2.44. The highest BCUT2D eigenvalue weighted by molar-refractivity contribution is 5.37. The predicted octanol–water partition coefficient (Wildman–Crippen LogP) is 1.26. The number of hydrogen-bond donors (Lipinski definition) is 2. The molecule has 0 spiro atoms. The number of nitrogens with one attached hydrogen (secondary N) is 1. The molecule has 0 bridgehead atoms. The Morgan fingerprint density at radius 2 is 2.31 bits per heavy atom. The van der Waals surface area contributed by atoms with Gasteiger partial charge in [-0.3, -0.25) is 4.98 Å². The van der Waals surface area contributed by atoms with Crippen molar-refractivity contribution in [2.75, 3.05) is 12.3 Å². The van der Waals surface area contributed by atoms with Crippen LogP contribution in [-0.2, 0) is 5.54 Å². The Labute approximate surface area is 78.4 Å². The van der Waals surface area contributed by atoms with E-state index in [0.717, 1.165) is 17.9 Å². The van der Waals surface area contributed by atoms with Crippen molar-refractivity contribution in [3.8, 4) is 0 Å². The summed E-state index contributed by atoms with van der Waals surface area (Å²) in [5.74, 6) is 0. The molecule has 1 saturated carbocycles. The maximum Gasteiger partial charge on any atom is 0.0610 e. The van der Waals surface area contributed by atoms with E-state index < -0.39 is 0 Å². The minimum atomic E-state index is 0.169. The standard InChI is InChI=1S/C10H15N3/c1-2-13-10(5-6-10)9-4-3-8(11)7-12-9/h3-4,7,13H,2,5-6,11H2,1H3. The molecule has 1 aromatic rings. The Bertz CT molecular complexity index is 288. The number of hydrogen-bond acceptors (Lipinski definition) is 3. The van der Waals surface area contributed by atoms with E-state index in [1.807, 2.05) is 12.1 Å². The molecule has 70 valence electrons. The molecular formula is C10H15N3. The number of aromatic nitrogens is 1.